The summed E-state index contributed by atoms with van der Waals surface area (Å²) in [4.78, 5) is 22.6. The Morgan fingerprint density at radius 3 is 1.84 bits per heavy atom. The molecule has 11 heteroatoms. The number of hydrogen-bond acceptors (Lipinski definition) is 3. The first kappa shape index (κ1) is 19.0. The molecule has 1 fully saturated rings. The van der Waals surface area contributed by atoms with Crippen LogP contribution >= 0.6 is 0 Å². The number of rotatable bonds is 3. The molecular formula is C14H11F6NO4. The van der Waals surface area contributed by atoms with Gasteiger partial charge < -0.3 is 15.2 Å². The molecule has 0 bridgehead atoms. The van der Waals surface area contributed by atoms with Crippen LogP contribution in [0, 0.1) is 0 Å². The molecule has 0 spiro atoms. The quantitative estimate of drug-likeness (QED) is 0.800. The number of benzene rings is 1. The summed E-state index contributed by atoms with van der Waals surface area (Å²) in [5.74, 6) is -2.33. The molecule has 0 aliphatic carbocycles. The van der Waals surface area contributed by atoms with Gasteiger partial charge in [-0.15, -0.1) is 0 Å². The first-order valence-corrected chi connectivity index (χ1v) is 6.86. The van der Waals surface area contributed by atoms with Crippen molar-refractivity contribution >= 4 is 17.6 Å². The van der Waals surface area contributed by atoms with E-state index in [-0.39, 0.29) is 18.9 Å². The second kappa shape index (κ2) is 6.54. The molecule has 0 saturated carbocycles. The predicted octanol–water partition coefficient (Wildman–Crippen LogP) is 3.29. The molecule has 138 valence electrons. The lowest BCUT2D eigenvalue weighted by atomic mass is 10.1. The topological polar surface area (TPSA) is 75.6 Å². The van der Waals surface area contributed by atoms with E-state index in [2.05, 4.69) is 0 Å². The Labute approximate surface area is 136 Å². The van der Waals surface area contributed by atoms with Crippen LogP contribution in [-0.4, -0.2) is 29.2 Å². The molecule has 1 amide bonds. The molecule has 2 N–H and O–H groups in total. The van der Waals surface area contributed by atoms with Gasteiger partial charge in [0.25, 0.3) is 5.91 Å². The molecule has 1 aliphatic rings. The number of carbonyl (C=O) groups is 2. The number of amides is 1. The van der Waals surface area contributed by atoms with Gasteiger partial charge in [0, 0.05) is 5.69 Å². The number of carboxylic acid groups (broad SMARTS) is 1. The summed E-state index contributed by atoms with van der Waals surface area (Å²) in [5, 5.41) is 10.7. The van der Waals surface area contributed by atoms with E-state index in [1.807, 2.05) is 5.32 Å². The van der Waals surface area contributed by atoms with Crippen LogP contribution in [0.15, 0.2) is 18.2 Å². The number of carbonyl (C=O) groups excluding carboxylic acids is 1. The van der Waals surface area contributed by atoms with E-state index in [9.17, 15) is 35.9 Å². The normalized spacial score (nSPS) is 21.2. The molecule has 2 rings (SSSR count). The van der Waals surface area contributed by atoms with E-state index in [0.717, 1.165) is 0 Å². The maximum Gasteiger partial charge on any atom is 0.416 e. The molecule has 0 aromatic heterocycles. The van der Waals surface area contributed by atoms with Gasteiger partial charge in [-0.1, -0.05) is 0 Å². The highest BCUT2D eigenvalue weighted by atomic mass is 19.4. The monoisotopic (exact) mass is 371 g/mol. The Balaban J connectivity index is 2.24. The summed E-state index contributed by atoms with van der Waals surface area (Å²) in [7, 11) is 0. The summed E-state index contributed by atoms with van der Waals surface area (Å²) in [5.41, 5.74) is -3.86. The summed E-state index contributed by atoms with van der Waals surface area (Å²) < 4.78 is 81.4. The second-order valence-electron chi connectivity index (χ2n) is 5.31. The highest BCUT2D eigenvalue weighted by molar-refractivity contribution is 5.95. The number of anilines is 1. The number of ether oxygens (including phenoxy) is 1. The third-order valence-corrected chi connectivity index (χ3v) is 3.44. The highest BCUT2D eigenvalue weighted by Gasteiger charge is 2.38. The first-order valence-electron chi connectivity index (χ1n) is 6.86. The number of aliphatic carboxylic acids is 1. The van der Waals surface area contributed by atoms with Crippen LogP contribution < -0.4 is 5.32 Å². The summed E-state index contributed by atoms with van der Waals surface area (Å²) >= 11 is 0. The summed E-state index contributed by atoms with van der Waals surface area (Å²) in [6.07, 6.45) is -12.6. The van der Waals surface area contributed by atoms with Gasteiger partial charge >= 0.3 is 18.3 Å². The number of halogens is 6. The number of nitrogens with one attached hydrogen (secondary N) is 1. The Bertz CT molecular complexity index is 653. The minimum Gasteiger partial charge on any atom is -0.479 e. The molecule has 1 saturated heterocycles. The number of alkyl halides is 6. The van der Waals surface area contributed by atoms with Crippen molar-refractivity contribution in [3.05, 3.63) is 29.3 Å². The fraction of sp³-hybridized carbons (Fsp3) is 0.429. The van der Waals surface area contributed by atoms with Crippen LogP contribution in [0.25, 0.3) is 0 Å². The van der Waals surface area contributed by atoms with Crippen molar-refractivity contribution in [2.24, 2.45) is 0 Å². The zero-order chi connectivity index (χ0) is 19.0. The van der Waals surface area contributed by atoms with Crippen LogP contribution in [0.4, 0.5) is 32.0 Å². The SMILES string of the molecule is O=C(Nc1cc(C(F)(F)F)cc(C(F)(F)F)c1)[C@@H]1CC[C@H](C(=O)O)O1. The van der Waals surface area contributed by atoms with E-state index in [1.54, 1.807) is 0 Å². The average molecular weight is 371 g/mol. The molecule has 1 heterocycles. The van der Waals surface area contributed by atoms with Crippen LogP contribution in [-0.2, 0) is 26.7 Å². The zero-order valence-electron chi connectivity index (χ0n) is 12.2. The van der Waals surface area contributed by atoms with Gasteiger partial charge in [0.05, 0.1) is 11.1 Å². The van der Waals surface area contributed by atoms with Gasteiger partial charge in [0.15, 0.2) is 6.10 Å². The molecule has 1 aromatic carbocycles. The maximum atomic E-state index is 12.7. The molecule has 1 aliphatic heterocycles. The predicted molar refractivity (Wildman–Crippen MR) is 70.6 cm³/mol. The van der Waals surface area contributed by atoms with Crippen molar-refractivity contribution in [1.82, 2.24) is 0 Å². The second-order valence-corrected chi connectivity index (χ2v) is 5.31. The van der Waals surface area contributed by atoms with Crippen LogP contribution in [0.5, 0.6) is 0 Å². The third-order valence-electron chi connectivity index (χ3n) is 3.44. The van der Waals surface area contributed by atoms with Crippen molar-refractivity contribution in [3.8, 4) is 0 Å². The fourth-order valence-electron chi connectivity index (χ4n) is 2.26. The van der Waals surface area contributed by atoms with Gasteiger partial charge in [0.1, 0.15) is 6.10 Å². The zero-order valence-corrected chi connectivity index (χ0v) is 12.2. The van der Waals surface area contributed by atoms with E-state index in [4.69, 9.17) is 9.84 Å². The smallest absolute Gasteiger partial charge is 0.416 e. The van der Waals surface area contributed by atoms with Crippen molar-refractivity contribution in [3.63, 3.8) is 0 Å². The minimum atomic E-state index is -5.04. The van der Waals surface area contributed by atoms with E-state index < -0.39 is 53.3 Å². The standard InChI is InChI=1S/C14H11F6NO4/c15-13(16,17)6-3-7(14(18,19)20)5-8(4-6)21-11(22)9-1-2-10(25-9)12(23)24/h3-5,9-10H,1-2H2,(H,21,22)(H,23,24)/t9-,10+/m0/s1. The average Bonchev–Trinajstić information content (AvgIpc) is 2.95. The molecule has 0 radical (unpaired) electrons. The molecule has 25 heavy (non-hydrogen) atoms. The number of carboxylic acids is 1. The van der Waals surface area contributed by atoms with E-state index in [1.165, 1.54) is 0 Å². The van der Waals surface area contributed by atoms with Crippen LogP contribution in [0.3, 0.4) is 0 Å². The van der Waals surface area contributed by atoms with Gasteiger partial charge in [-0.05, 0) is 31.0 Å². The summed E-state index contributed by atoms with van der Waals surface area (Å²) in [6, 6.07) is 0.649. The highest BCUT2D eigenvalue weighted by Crippen LogP contribution is 2.37. The summed E-state index contributed by atoms with van der Waals surface area (Å²) in [6.45, 7) is 0. The molecular weight excluding hydrogens is 360 g/mol. The molecule has 0 unspecified atom stereocenters. The van der Waals surface area contributed by atoms with Crippen LogP contribution in [0.1, 0.15) is 24.0 Å². The van der Waals surface area contributed by atoms with Crippen molar-refractivity contribution in [2.45, 2.75) is 37.4 Å². The van der Waals surface area contributed by atoms with Crippen molar-refractivity contribution in [1.29, 1.82) is 0 Å². The van der Waals surface area contributed by atoms with E-state index >= 15 is 0 Å². The van der Waals surface area contributed by atoms with Crippen LogP contribution in [0.2, 0.25) is 0 Å². The lowest BCUT2D eigenvalue weighted by Crippen LogP contribution is -2.30. The maximum absolute atomic E-state index is 12.7. The Morgan fingerprint density at radius 2 is 1.44 bits per heavy atom. The lowest BCUT2D eigenvalue weighted by Gasteiger charge is -2.16. The van der Waals surface area contributed by atoms with Gasteiger partial charge in [-0.25, -0.2) is 4.79 Å². The first-order chi connectivity index (χ1) is 11.4. The van der Waals surface area contributed by atoms with Crippen molar-refractivity contribution < 1.29 is 45.8 Å². The minimum absolute atomic E-state index is 0.00378. The van der Waals surface area contributed by atoms with E-state index in [0.29, 0.717) is 12.1 Å². The Morgan fingerprint density at radius 1 is 0.960 bits per heavy atom. The largest absolute Gasteiger partial charge is 0.479 e. The van der Waals surface area contributed by atoms with Gasteiger partial charge in [-0.2, -0.15) is 26.3 Å². The molecule has 2 atom stereocenters. The molecule has 5 nitrogen and oxygen atoms in total. The lowest BCUT2D eigenvalue weighted by molar-refractivity contribution is -0.151. The third kappa shape index (κ3) is 4.62. The fourth-order valence-corrected chi connectivity index (χ4v) is 2.26. The molecule has 1 aromatic rings. The van der Waals surface area contributed by atoms with Gasteiger partial charge in [0.2, 0.25) is 0 Å². The van der Waals surface area contributed by atoms with Crippen molar-refractivity contribution in [2.75, 3.05) is 5.32 Å². The Hall–Kier alpha value is -2.30. The Kier molecular flexibility index (Phi) is 4.98. The number of hydrogen-bond donors (Lipinski definition) is 2. The van der Waals surface area contributed by atoms with Gasteiger partial charge in [-0.3, -0.25) is 4.79 Å².